The van der Waals surface area contributed by atoms with Crippen LogP contribution in [0.3, 0.4) is 0 Å². The molecule has 192 valence electrons. The van der Waals surface area contributed by atoms with E-state index in [0.717, 1.165) is 29.4 Å². The third kappa shape index (κ3) is 3.24. The van der Waals surface area contributed by atoms with Crippen LogP contribution in [-0.4, -0.2) is 0 Å². The highest BCUT2D eigenvalue weighted by molar-refractivity contribution is 6.28. The molecule has 1 heteroatoms. The average molecular weight is 523 g/mol. The minimum atomic E-state index is 0.972. The minimum absolute atomic E-state index is 0.972. The number of benzene rings is 7. The lowest BCUT2D eigenvalue weighted by Crippen LogP contribution is -1.99. The van der Waals surface area contributed by atoms with Crippen LogP contribution in [0.15, 0.2) is 132 Å². The van der Waals surface area contributed by atoms with Gasteiger partial charge in [-0.3, -0.25) is 0 Å². The van der Waals surface area contributed by atoms with E-state index in [-0.39, 0.29) is 0 Å². The molecule has 1 aliphatic carbocycles. The maximum Gasteiger partial charge on any atom is 0.143 e. The Balaban J connectivity index is 1.53. The van der Waals surface area contributed by atoms with Crippen molar-refractivity contribution in [2.24, 2.45) is 0 Å². The SMILES string of the molecule is C1=Cc2c(cc3oc4c5ccccc5ccc4c3c2-c2c3ccccc3c(-c3ccccc3)c3ccccc23)CC1. The molecule has 7 aromatic carbocycles. The van der Waals surface area contributed by atoms with Gasteiger partial charge in [-0.05, 0) is 79.7 Å². The van der Waals surface area contributed by atoms with Crippen molar-refractivity contribution in [3.05, 3.63) is 139 Å². The largest absolute Gasteiger partial charge is 0.455 e. The Labute approximate surface area is 238 Å². The van der Waals surface area contributed by atoms with Gasteiger partial charge in [0.1, 0.15) is 11.2 Å². The predicted octanol–water partition coefficient (Wildman–Crippen LogP) is 11.3. The van der Waals surface area contributed by atoms with Gasteiger partial charge in [-0.25, -0.2) is 0 Å². The number of allylic oxidation sites excluding steroid dienone is 1. The van der Waals surface area contributed by atoms with Crippen LogP contribution in [0, 0.1) is 0 Å². The fourth-order valence-corrected chi connectivity index (χ4v) is 7.14. The lowest BCUT2D eigenvalue weighted by atomic mass is 9.81. The Bertz CT molecular complexity index is 2290. The summed E-state index contributed by atoms with van der Waals surface area (Å²) in [5.41, 5.74) is 9.74. The van der Waals surface area contributed by atoms with Crippen LogP contribution in [0.4, 0.5) is 0 Å². The minimum Gasteiger partial charge on any atom is -0.455 e. The third-order valence-corrected chi connectivity index (χ3v) is 8.89. The van der Waals surface area contributed by atoms with Crippen LogP contribution in [0.1, 0.15) is 17.5 Å². The number of rotatable bonds is 2. The zero-order valence-corrected chi connectivity index (χ0v) is 22.5. The smallest absolute Gasteiger partial charge is 0.143 e. The van der Waals surface area contributed by atoms with Gasteiger partial charge in [-0.1, -0.05) is 121 Å². The van der Waals surface area contributed by atoms with Gasteiger partial charge in [0, 0.05) is 21.7 Å². The summed E-state index contributed by atoms with van der Waals surface area (Å²) in [5, 5.41) is 9.84. The first-order valence-corrected chi connectivity index (χ1v) is 14.4. The molecular weight excluding hydrogens is 496 g/mol. The predicted molar refractivity (Wildman–Crippen MR) is 174 cm³/mol. The molecule has 0 radical (unpaired) electrons. The fourth-order valence-electron chi connectivity index (χ4n) is 7.14. The highest BCUT2D eigenvalue weighted by Gasteiger charge is 2.25. The van der Waals surface area contributed by atoms with E-state index >= 15 is 0 Å². The molecule has 1 nitrogen and oxygen atoms in total. The van der Waals surface area contributed by atoms with Crippen LogP contribution < -0.4 is 0 Å². The molecule has 0 spiro atoms. The van der Waals surface area contributed by atoms with Gasteiger partial charge in [0.15, 0.2) is 0 Å². The van der Waals surface area contributed by atoms with Gasteiger partial charge in [-0.15, -0.1) is 0 Å². The van der Waals surface area contributed by atoms with Crippen molar-refractivity contribution in [3.63, 3.8) is 0 Å². The van der Waals surface area contributed by atoms with Crippen LogP contribution in [0.2, 0.25) is 0 Å². The molecule has 0 aliphatic heterocycles. The molecule has 9 rings (SSSR count). The summed E-state index contributed by atoms with van der Waals surface area (Å²) in [4.78, 5) is 0. The molecular formula is C40H26O. The summed E-state index contributed by atoms with van der Waals surface area (Å²) in [6, 6.07) is 44.0. The number of hydrogen-bond acceptors (Lipinski definition) is 1. The van der Waals surface area contributed by atoms with E-state index in [9.17, 15) is 0 Å². The quantitative estimate of drug-likeness (QED) is 0.206. The molecule has 0 N–H and O–H groups in total. The van der Waals surface area contributed by atoms with Gasteiger partial charge in [0.25, 0.3) is 0 Å². The molecule has 41 heavy (non-hydrogen) atoms. The summed E-state index contributed by atoms with van der Waals surface area (Å²) < 4.78 is 6.79. The highest BCUT2D eigenvalue weighted by Crippen LogP contribution is 2.50. The molecule has 1 aliphatic rings. The van der Waals surface area contributed by atoms with Gasteiger partial charge < -0.3 is 4.42 Å². The summed E-state index contributed by atoms with van der Waals surface area (Å²) in [7, 11) is 0. The van der Waals surface area contributed by atoms with Crippen molar-refractivity contribution in [2.45, 2.75) is 12.8 Å². The molecule has 0 atom stereocenters. The van der Waals surface area contributed by atoms with Crippen molar-refractivity contribution in [3.8, 4) is 22.3 Å². The molecule has 0 bridgehead atoms. The molecule has 0 unspecified atom stereocenters. The highest BCUT2D eigenvalue weighted by atomic mass is 16.3. The maximum atomic E-state index is 6.79. The van der Waals surface area contributed by atoms with E-state index in [1.807, 2.05) is 0 Å². The zero-order valence-electron chi connectivity index (χ0n) is 22.5. The monoisotopic (exact) mass is 522 g/mol. The molecule has 0 fully saturated rings. The second-order valence-corrected chi connectivity index (χ2v) is 11.1. The van der Waals surface area contributed by atoms with Crippen LogP contribution in [0.25, 0.3) is 82.6 Å². The molecule has 1 heterocycles. The van der Waals surface area contributed by atoms with Crippen molar-refractivity contribution in [1.82, 2.24) is 0 Å². The fraction of sp³-hybridized carbons (Fsp3) is 0.0500. The molecule has 1 aromatic heterocycles. The van der Waals surface area contributed by atoms with Crippen LogP contribution in [-0.2, 0) is 6.42 Å². The van der Waals surface area contributed by atoms with E-state index in [4.69, 9.17) is 4.42 Å². The van der Waals surface area contributed by atoms with Crippen LogP contribution >= 0.6 is 0 Å². The zero-order chi connectivity index (χ0) is 26.9. The Kier molecular flexibility index (Phi) is 4.80. The lowest BCUT2D eigenvalue weighted by molar-refractivity contribution is 0.672. The maximum absolute atomic E-state index is 6.79. The third-order valence-electron chi connectivity index (χ3n) is 8.89. The molecule has 8 aromatic rings. The van der Waals surface area contributed by atoms with Crippen molar-refractivity contribution >= 4 is 60.3 Å². The van der Waals surface area contributed by atoms with Gasteiger partial charge in [0.05, 0.1) is 0 Å². The molecule has 0 amide bonds. The van der Waals surface area contributed by atoms with E-state index < -0.39 is 0 Å². The van der Waals surface area contributed by atoms with Crippen molar-refractivity contribution in [1.29, 1.82) is 0 Å². The molecule has 0 saturated heterocycles. The van der Waals surface area contributed by atoms with E-state index in [1.165, 1.54) is 71.1 Å². The second kappa shape index (κ2) is 8.68. The average Bonchev–Trinajstić information content (AvgIpc) is 3.42. The van der Waals surface area contributed by atoms with Crippen molar-refractivity contribution < 1.29 is 4.42 Å². The lowest BCUT2D eigenvalue weighted by Gasteiger charge is -2.22. The molecule has 0 saturated carbocycles. The number of furan rings is 1. The Morgan fingerprint density at radius 3 is 1.88 bits per heavy atom. The van der Waals surface area contributed by atoms with E-state index in [1.54, 1.807) is 0 Å². The number of hydrogen-bond donors (Lipinski definition) is 0. The normalized spacial score (nSPS) is 13.1. The van der Waals surface area contributed by atoms with E-state index in [0.29, 0.717) is 0 Å². The number of aryl methyl sites for hydroxylation is 1. The Morgan fingerprint density at radius 1 is 0.512 bits per heavy atom. The topological polar surface area (TPSA) is 13.1 Å². The second-order valence-electron chi connectivity index (χ2n) is 11.1. The first-order chi connectivity index (χ1) is 20.4. The summed E-state index contributed by atoms with van der Waals surface area (Å²) in [5.74, 6) is 0. The first kappa shape index (κ1) is 22.7. The Morgan fingerprint density at radius 2 is 1.15 bits per heavy atom. The Hall–Kier alpha value is -5.14. The van der Waals surface area contributed by atoms with E-state index in [2.05, 4.69) is 133 Å². The van der Waals surface area contributed by atoms with Crippen molar-refractivity contribution in [2.75, 3.05) is 0 Å². The summed E-state index contributed by atoms with van der Waals surface area (Å²) >= 11 is 0. The van der Waals surface area contributed by atoms with Gasteiger partial charge >= 0.3 is 0 Å². The number of fused-ring (bicyclic) bond motifs is 8. The van der Waals surface area contributed by atoms with Gasteiger partial charge in [0.2, 0.25) is 0 Å². The standard InChI is InChI=1S/C40H26O/c1-2-13-26(14-3-1)36-30-18-8-10-20-32(30)37(33-21-11-9-19-31(33)36)39-28-16-6-5-15-27(28)24-35-38(39)34-23-22-25-12-4-7-17-29(25)40(34)41-35/h1-4,6-14,16-24H,5,15H2. The van der Waals surface area contributed by atoms with Crippen LogP contribution in [0.5, 0.6) is 0 Å². The summed E-state index contributed by atoms with van der Waals surface area (Å²) in [6.45, 7) is 0. The van der Waals surface area contributed by atoms with Gasteiger partial charge in [-0.2, -0.15) is 0 Å². The summed E-state index contributed by atoms with van der Waals surface area (Å²) in [6.07, 6.45) is 6.75. The first-order valence-electron chi connectivity index (χ1n) is 14.4.